The Morgan fingerprint density at radius 1 is 1.36 bits per heavy atom. The second-order valence-corrected chi connectivity index (χ2v) is 11.3. The molecule has 0 spiro atoms. The number of likely N-dealkylation sites (tertiary alicyclic amines) is 1. The molecule has 2 fully saturated rings. The number of oxime groups is 1. The number of quaternary nitrogens is 1. The minimum absolute atomic E-state index is 0.0349. The number of rotatable bonds is 8. The highest BCUT2D eigenvalue weighted by atomic mass is 32.2. The van der Waals surface area contributed by atoms with Gasteiger partial charge in [-0.05, 0) is 11.6 Å². The Labute approximate surface area is 215 Å². The number of aliphatic hydroxyl groups is 2. The van der Waals surface area contributed by atoms with Crippen molar-refractivity contribution in [1.82, 2.24) is 10.3 Å². The number of amides is 1. The van der Waals surface area contributed by atoms with Gasteiger partial charge in [-0.2, -0.15) is 11.8 Å². The summed E-state index contributed by atoms with van der Waals surface area (Å²) in [4.78, 5) is 46.8. The number of thiazole rings is 1. The average molecular weight is 539 g/mol. The van der Waals surface area contributed by atoms with Crippen molar-refractivity contribution in [3.05, 3.63) is 34.4 Å². The molecular formula is C22H28N5O7S2+. The highest BCUT2D eigenvalue weighted by Gasteiger charge is 2.56. The number of anilines is 1. The van der Waals surface area contributed by atoms with E-state index in [-0.39, 0.29) is 27.9 Å². The molecule has 2 unspecified atom stereocenters. The van der Waals surface area contributed by atoms with Crippen LogP contribution in [-0.2, 0) is 19.2 Å². The van der Waals surface area contributed by atoms with E-state index in [0.29, 0.717) is 35.4 Å². The van der Waals surface area contributed by atoms with Crippen molar-refractivity contribution in [3.63, 3.8) is 0 Å². The molecule has 194 valence electrons. The van der Waals surface area contributed by atoms with Crippen LogP contribution in [0.2, 0.25) is 0 Å². The fourth-order valence-electron chi connectivity index (χ4n) is 4.84. The Hall–Kier alpha value is -2.78. The zero-order valence-corrected chi connectivity index (χ0v) is 21.3. The number of nitrogen functional groups attached to an aromatic ring is 1. The van der Waals surface area contributed by atoms with Gasteiger partial charge < -0.3 is 35.7 Å². The number of nitrogens with two attached hydrogens (primary N) is 1. The van der Waals surface area contributed by atoms with Crippen LogP contribution in [0.3, 0.4) is 0 Å². The minimum atomic E-state index is -1.17. The number of aliphatic hydroxyl groups excluding tert-OH is 2. The number of carboxylic acid groups (broad SMARTS) is 1. The summed E-state index contributed by atoms with van der Waals surface area (Å²) in [5, 5.41) is 37.3. The number of hydrogen-bond donors (Lipinski definition) is 5. The summed E-state index contributed by atoms with van der Waals surface area (Å²) in [6.07, 6.45) is 1.96. The maximum absolute atomic E-state index is 13.0. The number of carbonyl (C=O) groups is 3. The largest absolute Gasteiger partial charge is 0.478 e. The Kier molecular flexibility index (Phi) is 7.52. The van der Waals surface area contributed by atoms with Gasteiger partial charge in [-0.3, -0.25) is 9.59 Å². The van der Waals surface area contributed by atoms with Crippen molar-refractivity contribution in [1.29, 1.82) is 0 Å². The van der Waals surface area contributed by atoms with Crippen LogP contribution in [0.25, 0.3) is 0 Å². The third-order valence-electron chi connectivity index (χ3n) is 6.60. The van der Waals surface area contributed by atoms with E-state index in [1.807, 2.05) is 13.1 Å². The number of ketones is 1. The maximum atomic E-state index is 13.0. The molecule has 1 aromatic heterocycles. The van der Waals surface area contributed by atoms with Crippen LogP contribution in [0.15, 0.2) is 33.8 Å². The van der Waals surface area contributed by atoms with Gasteiger partial charge in [0.2, 0.25) is 0 Å². The van der Waals surface area contributed by atoms with Gasteiger partial charge >= 0.3 is 5.97 Å². The zero-order chi connectivity index (χ0) is 26.2. The first-order chi connectivity index (χ1) is 17.0. The standard InChI is InChI=1S/C22H27N5O7S2/c1-27(6-12(28)13(29)7-27)5-3-4-10-8-35-19-15(14(10)21(32)33)18(30)17(19)25-20(31)16(26-34-2)11-9-36-22(23)24-11/h3-4,9,12-13,15,17,19,28-29H,5-8H2,1-2H3,(H3-,23,24,25,31,32,33)/p+1/b4-3+,26-16-/t12-,13+,15?,17-,19+,27?/m1/s1. The van der Waals surface area contributed by atoms with Gasteiger partial charge in [0.05, 0.1) is 25.1 Å². The first-order valence-electron chi connectivity index (χ1n) is 11.2. The summed E-state index contributed by atoms with van der Waals surface area (Å²) in [6.45, 7) is 1.30. The van der Waals surface area contributed by atoms with Gasteiger partial charge in [-0.15, -0.1) is 11.3 Å². The van der Waals surface area contributed by atoms with Crippen LogP contribution < -0.4 is 11.1 Å². The second kappa shape index (κ2) is 10.3. The van der Waals surface area contributed by atoms with Crippen molar-refractivity contribution < 1.29 is 39.0 Å². The number of nitrogens with zero attached hydrogens (tertiary/aromatic N) is 3. The molecule has 1 saturated carbocycles. The fraction of sp³-hybridized carbons (Fsp3) is 0.500. The number of aliphatic carboxylic acids is 1. The number of Topliss-reactive ketones (excluding diaryl/α,β-unsaturated/α-hetero) is 1. The molecule has 0 aromatic carbocycles. The molecule has 12 nitrogen and oxygen atoms in total. The summed E-state index contributed by atoms with van der Waals surface area (Å²) in [5.74, 6) is -2.71. The minimum Gasteiger partial charge on any atom is -0.478 e. The predicted molar refractivity (Wildman–Crippen MR) is 133 cm³/mol. The van der Waals surface area contributed by atoms with E-state index in [9.17, 15) is 29.7 Å². The second-order valence-electron chi connectivity index (χ2n) is 9.25. The SMILES string of the molecule is CO/N=C(\C(=O)N[C@@H]1C(=O)C2C(C(=O)O)=C(/C=C/C[N+]3(C)C[C@@H](O)[C@@H](O)C3)CS[C@@H]21)c1csc(N)n1. The summed E-state index contributed by atoms with van der Waals surface area (Å²) in [7, 11) is 3.19. The number of fused-ring (bicyclic) bond motifs is 1. The summed E-state index contributed by atoms with van der Waals surface area (Å²) < 4.78 is 0.427. The van der Waals surface area contributed by atoms with Crippen LogP contribution in [0.4, 0.5) is 5.13 Å². The van der Waals surface area contributed by atoms with Crippen LogP contribution in [0.1, 0.15) is 5.69 Å². The van der Waals surface area contributed by atoms with Gasteiger partial charge in [0.25, 0.3) is 5.91 Å². The van der Waals surface area contributed by atoms with Crippen molar-refractivity contribution >= 4 is 51.6 Å². The molecule has 14 heteroatoms. The molecule has 3 aliphatic rings. The monoisotopic (exact) mass is 538 g/mol. The van der Waals surface area contributed by atoms with Crippen molar-refractivity contribution in [2.75, 3.05) is 45.3 Å². The number of carboxylic acids is 1. The van der Waals surface area contributed by atoms with E-state index in [2.05, 4.69) is 15.5 Å². The molecule has 0 bridgehead atoms. The molecule has 3 heterocycles. The number of allylic oxidation sites excluding steroid dienone is 1. The summed E-state index contributed by atoms with van der Waals surface area (Å²) in [5.41, 5.74) is 6.30. The van der Waals surface area contributed by atoms with Gasteiger partial charge in [-0.25, -0.2) is 9.78 Å². The Morgan fingerprint density at radius 2 is 2.06 bits per heavy atom. The van der Waals surface area contributed by atoms with Crippen molar-refractivity contribution in [2.45, 2.75) is 23.5 Å². The molecule has 6 N–H and O–H groups in total. The first-order valence-corrected chi connectivity index (χ1v) is 13.1. The predicted octanol–water partition coefficient (Wildman–Crippen LogP) is -1.01. The average Bonchev–Trinajstić information content (AvgIpc) is 3.36. The number of likely N-dealkylation sites (N-methyl/N-ethyl adjacent to an activating group) is 1. The molecule has 4 rings (SSSR count). The molecule has 1 aliphatic carbocycles. The molecule has 1 aromatic rings. The normalized spacial score (nSPS) is 32.4. The van der Waals surface area contributed by atoms with E-state index in [1.165, 1.54) is 18.9 Å². The molecule has 36 heavy (non-hydrogen) atoms. The number of aromatic nitrogens is 1. The van der Waals surface area contributed by atoms with Gasteiger partial charge in [0, 0.05) is 16.4 Å². The van der Waals surface area contributed by atoms with Gasteiger partial charge in [0.15, 0.2) is 16.6 Å². The Balaban J connectivity index is 1.47. The van der Waals surface area contributed by atoms with E-state index in [4.69, 9.17) is 10.6 Å². The van der Waals surface area contributed by atoms with Crippen LogP contribution in [-0.4, -0.2) is 111 Å². The Morgan fingerprint density at radius 3 is 2.64 bits per heavy atom. The Bertz CT molecular complexity index is 1150. The molecular weight excluding hydrogens is 510 g/mol. The lowest BCUT2D eigenvalue weighted by atomic mass is 9.71. The smallest absolute Gasteiger partial charge is 0.332 e. The number of thioether (sulfide) groups is 1. The quantitative estimate of drug-likeness (QED) is 0.156. The maximum Gasteiger partial charge on any atom is 0.332 e. The van der Waals surface area contributed by atoms with Crippen molar-refractivity contribution in [3.8, 4) is 0 Å². The third kappa shape index (κ3) is 5.04. The lowest BCUT2D eigenvalue weighted by Gasteiger charge is -2.45. The van der Waals surface area contributed by atoms with E-state index >= 15 is 0 Å². The van der Waals surface area contributed by atoms with Gasteiger partial charge in [-0.1, -0.05) is 11.2 Å². The van der Waals surface area contributed by atoms with E-state index in [0.717, 1.165) is 11.3 Å². The summed E-state index contributed by atoms with van der Waals surface area (Å²) >= 11 is 2.53. The lowest BCUT2D eigenvalue weighted by Crippen LogP contribution is -2.65. The van der Waals surface area contributed by atoms with Crippen LogP contribution in [0.5, 0.6) is 0 Å². The third-order valence-corrected chi connectivity index (χ3v) is 8.68. The molecule has 2 aliphatic heterocycles. The number of carbonyl (C=O) groups excluding carboxylic acids is 2. The van der Waals surface area contributed by atoms with Crippen molar-refractivity contribution in [2.24, 2.45) is 11.1 Å². The van der Waals surface area contributed by atoms with E-state index < -0.39 is 41.3 Å². The lowest BCUT2D eigenvalue weighted by molar-refractivity contribution is -0.894. The highest BCUT2D eigenvalue weighted by molar-refractivity contribution is 8.00. The number of hydrogen-bond acceptors (Lipinski definition) is 11. The van der Waals surface area contributed by atoms with Gasteiger partial charge in [0.1, 0.15) is 44.1 Å². The topological polar surface area (TPSA) is 184 Å². The molecule has 1 saturated heterocycles. The number of nitrogens with one attached hydrogen (secondary N) is 1. The van der Waals surface area contributed by atoms with E-state index in [1.54, 1.807) is 11.5 Å². The molecule has 6 atom stereocenters. The highest BCUT2D eigenvalue weighted by Crippen LogP contribution is 2.46. The van der Waals surface area contributed by atoms with Crippen LogP contribution in [0, 0.1) is 5.92 Å². The molecule has 1 amide bonds. The van der Waals surface area contributed by atoms with Crippen LogP contribution >= 0.6 is 23.1 Å². The first kappa shape index (κ1) is 26.3. The zero-order valence-electron chi connectivity index (χ0n) is 19.7. The molecule has 0 radical (unpaired) electrons. The summed E-state index contributed by atoms with van der Waals surface area (Å²) in [6, 6.07) is -0.873. The fourth-order valence-corrected chi connectivity index (χ4v) is 6.87.